The molecule has 0 saturated carbocycles. The maximum atomic E-state index is 12.1. The Kier molecular flexibility index (Phi) is 4.45. The van der Waals surface area contributed by atoms with E-state index < -0.39 is 0 Å². The Morgan fingerprint density at radius 3 is 2.46 bits per heavy atom. The van der Waals surface area contributed by atoms with E-state index in [0.717, 1.165) is 15.6 Å². The molecule has 7 heteroatoms. The molecule has 26 heavy (non-hydrogen) atoms. The van der Waals surface area contributed by atoms with Crippen LogP contribution in [-0.2, 0) is 6.54 Å². The van der Waals surface area contributed by atoms with Gasteiger partial charge in [0.2, 0.25) is 11.7 Å². The highest BCUT2D eigenvalue weighted by molar-refractivity contribution is 9.10. The minimum absolute atomic E-state index is 0.114. The molecule has 0 spiro atoms. The van der Waals surface area contributed by atoms with Crippen molar-refractivity contribution >= 4 is 15.9 Å². The van der Waals surface area contributed by atoms with Crippen LogP contribution in [0.3, 0.4) is 0 Å². The Morgan fingerprint density at radius 2 is 1.69 bits per heavy atom. The zero-order valence-electron chi connectivity index (χ0n) is 13.5. The van der Waals surface area contributed by atoms with Crippen LogP contribution < -0.4 is 5.56 Å². The summed E-state index contributed by atoms with van der Waals surface area (Å²) in [6.45, 7) is 0.114. The smallest absolute Gasteiger partial charge is 0.267 e. The molecule has 0 unspecified atom stereocenters. The van der Waals surface area contributed by atoms with E-state index in [1.807, 2.05) is 54.6 Å². The van der Waals surface area contributed by atoms with Gasteiger partial charge in [-0.05, 0) is 30.3 Å². The average Bonchev–Trinajstić information content (AvgIpc) is 3.13. The quantitative estimate of drug-likeness (QED) is 0.513. The third kappa shape index (κ3) is 3.48. The maximum Gasteiger partial charge on any atom is 0.267 e. The van der Waals surface area contributed by atoms with E-state index in [4.69, 9.17) is 4.52 Å². The molecule has 4 aromatic rings. The molecular weight excluding hydrogens is 396 g/mol. The van der Waals surface area contributed by atoms with Crippen LogP contribution in [0, 0.1) is 0 Å². The first-order valence-electron chi connectivity index (χ1n) is 7.91. The van der Waals surface area contributed by atoms with Crippen molar-refractivity contribution in [3.8, 4) is 22.6 Å². The first kappa shape index (κ1) is 16.4. The summed E-state index contributed by atoms with van der Waals surface area (Å²) in [6, 6.07) is 20.4. The Labute approximate surface area is 157 Å². The molecule has 128 valence electrons. The summed E-state index contributed by atoms with van der Waals surface area (Å²) < 4.78 is 7.57. The third-order valence-electron chi connectivity index (χ3n) is 3.79. The fourth-order valence-electron chi connectivity index (χ4n) is 2.49. The molecule has 0 amide bonds. The van der Waals surface area contributed by atoms with Crippen LogP contribution in [0.1, 0.15) is 5.89 Å². The number of hydrogen-bond donors (Lipinski definition) is 0. The van der Waals surface area contributed by atoms with Gasteiger partial charge < -0.3 is 4.52 Å². The Bertz CT molecular complexity index is 1090. The lowest BCUT2D eigenvalue weighted by Crippen LogP contribution is -2.23. The van der Waals surface area contributed by atoms with E-state index in [0.29, 0.717) is 17.4 Å². The first-order valence-corrected chi connectivity index (χ1v) is 8.70. The number of halogens is 1. The van der Waals surface area contributed by atoms with Gasteiger partial charge >= 0.3 is 0 Å². The van der Waals surface area contributed by atoms with E-state index in [2.05, 4.69) is 31.2 Å². The van der Waals surface area contributed by atoms with Crippen molar-refractivity contribution in [2.75, 3.05) is 0 Å². The Balaban J connectivity index is 1.62. The molecule has 6 nitrogen and oxygen atoms in total. The van der Waals surface area contributed by atoms with Crippen LogP contribution in [0.4, 0.5) is 0 Å². The van der Waals surface area contributed by atoms with E-state index >= 15 is 0 Å². The topological polar surface area (TPSA) is 73.8 Å². The van der Waals surface area contributed by atoms with E-state index in [-0.39, 0.29) is 12.1 Å². The highest BCUT2D eigenvalue weighted by Crippen LogP contribution is 2.19. The van der Waals surface area contributed by atoms with Crippen LogP contribution in [-0.4, -0.2) is 19.9 Å². The van der Waals surface area contributed by atoms with E-state index in [9.17, 15) is 4.79 Å². The molecule has 4 rings (SSSR count). The largest absolute Gasteiger partial charge is 0.337 e. The minimum Gasteiger partial charge on any atom is -0.337 e. The number of benzene rings is 2. The number of hydrogen-bond acceptors (Lipinski definition) is 5. The van der Waals surface area contributed by atoms with Crippen molar-refractivity contribution in [1.29, 1.82) is 0 Å². The summed E-state index contributed by atoms with van der Waals surface area (Å²) in [5, 5.41) is 8.38. The van der Waals surface area contributed by atoms with Crippen molar-refractivity contribution in [2.24, 2.45) is 0 Å². The van der Waals surface area contributed by atoms with E-state index in [1.54, 1.807) is 6.07 Å². The molecule has 2 aromatic heterocycles. The summed E-state index contributed by atoms with van der Waals surface area (Å²) in [7, 11) is 0. The van der Waals surface area contributed by atoms with Crippen molar-refractivity contribution in [1.82, 2.24) is 19.9 Å². The van der Waals surface area contributed by atoms with Gasteiger partial charge in [0.1, 0.15) is 6.54 Å². The second-order valence-corrected chi connectivity index (χ2v) is 6.51. The maximum absolute atomic E-state index is 12.1. The predicted octanol–water partition coefficient (Wildman–Crippen LogP) is 3.77. The number of nitrogens with zero attached hydrogens (tertiary/aromatic N) is 4. The molecule has 0 aliphatic heterocycles. The summed E-state index contributed by atoms with van der Waals surface area (Å²) in [5.41, 5.74) is 2.25. The molecule has 0 aliphatic rings. The van der Waals surface area contributed by atoms with Gasteiger partial charge in [-0.15, -0.1) is 0 Å². The monoisotopic (exact) mass is 408 g/mol. The molecule has 0 bridgehead atoms. The van der Waals surface area contributed by atoms with Gasteiger partial charge in [-0.2, -0.15) is 10.1 Å². The number of aromatic nitrogens is 4. The predicted molar refractivity (Wildman–Crippen MR) is 100 cm³/mol. The fourth-order valence-corrected chi connectivity index (χ4v) is 2.75. The fraction of sp³-hybridized carbons (Fsp3) is 0.0526. The third-order valence-corrected chi connectivity index (χ3v) is 4.32. The molecule has 0 aliphatic carbocycles. The van der Waals surface area contributed by atoms with Gasteiger partial charge in [0, 0.05) is 21.7 Å². The second-order valence-electron chi connectivity index (χ2n) is 5.60. The van der Waals surface area contributed by atoms with Crippen molar-refractivity contribution in [3.63, 3.8) is 0 Å². The molecule has 0 atom stereocenters. The minimum atomic E-state index is -0.229. The van der Waals surface area contributed by atoms with Crippen molar-refractivity contribution in [3.05, 3.63) is 87.4 Å². The highest BCUT2D eigenvalue weighted by Gasteiger charge is 2.11. The van der Waals surface area contributed by atoms with Gasteiger partial charge in [-0.3, -0.25) is 4.79 Å². The molecule has 2 heterocycles. The lowest BCUT2D eigenvalue weighted by Gasteiger charge is -2.04. The summed E-state index contributed by atoms with van der Waals surface area (Å²) >= 11 is 3.39. The van der Waals surface area contributed by atoms with Crippen LogP contribution in [0.5, 0.6) is 0 Å². The zero-order chi connectivity index (χ0) is 17.9. The summed E-state index contributed by atoms with van der Waals surface area (Å²) in [5.74, 6) is 0.794. The molecule has 0 fully saturated rings. The lowest BCUT2D eigenvalue weighted by molar-refractivity contribution is 0.363. The Hall–Kier alpha value is -3.06. The highest BCUT2D eigenvalue weighted by atomic mass is 79.9. The van der Waals surface area contributed by atoms with Gasteiger partial charge in [0.05, 0.1) is 5.69 Å². The molecule has 2 aromatic carbocycles. The van der Waals surface area contributed by atoms with E-state index in [1.165, 1.54) is 10.7 Å². The van der Waals surface area contributed by atoms with Crippen molar-refractivity contribution in [2.45, 2.75) is 6.54 Å². The molecule has 0 radical (unpaired) electrons. The first-order chi connectivity index (χ1) is 12.7. The summed E-state index contributed by atoms with van der Waals surface area (Å²) in [6.07, 6.45) is 0. The van der Waals surface area contributed by atoms with Crippen LogP contribution in [0.25, 0.3) is 22.6 Å². The molecular formula is C19H13BrN4O2. The zero-order valence-corrected chi connectivity index (χ0v) is 15.1. The summed E-state index contributed by atoms with van der Waals surface area (Å²) in [4.78, 5) is 16.5. The van der Waals surface area contributed by atoms with Gasteiger partial charge in [-0.25, -0.2) is 4.68 Å². The van der Waals surface area contributed by atoms with Crippen molar-refractivity contribution < 1.29 is 4.52 Å². The number of rotatable bonds is 4. The van der Waals surface area contributed by atoms with Gasteiger partial charge in [-0.1, -0.05) is 51.4 Å². The second kappa shape index (κ2) is 7.05. The molecule has 0 saturated heterocycles. The molecule has 0 N–H and O–H groups in total. The van der Waals surface area contributed by atoms with Gasteiger partial charge in [0.15, 0.2) is 0 Å². The Morgan fingerprint density at radius 1 is 0.923 bits per heavy atom. The standard InChI is InChI=1S/C19H13BrN4O2/c20-15-8-6-14(7-9-15)19-21-17(26-23-19)12-24-18(25)11-10-16(22-24)13-4-2-1-3-5-13/h1-11H,12H2. The van der Waals surface area contributed by atoms with Crippen LogP contribution in [0.2, 0.25) is 0 Å². The SMILES string of the molecule is O=c1ccc(-c2ccccc2)nn1Cc1nc(-c2ccc(Br)cc2)no1. The normalized spacial score (nSPS) is 10.8. The van der Waals surface area contributed by atoms with Crippen LogP contribution in [0.15, 0.2) is 80.5 Å². The lowest BCUT2D eigenvalue weighted by atomic mass is 10.1. The van der Waals surface area contributed by atoms with Gasteiger partial charge in [0.25, 0.3) is 5.56 Å². The average molecular weight is 409 g/mol. The van der Waals surface area contributed by atoms with Crippen LogP contribution >= 0.6 is 15.9 Å².